The van der Waals surface area contributed by atoms with Crippen molar-refractivity contribution in [3.05, 3.63) is 87.9 Å². The van der Waals surface area contributed by atoms with Crippen molar-refractivity contribution in [1.82, 2.24) is 5.43 Å². The molecule has 0 spiro atoms. The Kier molecular flexibility index (Phi) is 7.99. The van der Waals surface area contributed by atoms with Gasteiger partial charge in [0.25, 0.3) is 5.91 Å². The van der Waals surface area contributed by atoms with Crippen LogP contribution in [0.1, 0.15) is 21.5 Å². The van der Waals surface area contributed by atoms with Crippen molar-refractivity contribution in [3.8, 4) is 17.2 Å². The number of hydrogen-bond acceptors (Lipinski definition) is 6. The Bertz CT molecular complexity index is 1130. The monoisotopic (exact) mass is 496 g/mol. The maximum atomic E-state index is 12.4. The van der Waals surface area contributed by atoms with Gasteiger partial charge in [-0.15, -0.1) is 0 Å². The first-order valence-corrected chi connectivity index (χ1v) is 10.4. The van der Waals surface area contributed by atoms with E-state index < -0.39 is 11.9 Å². The third-order valence-electron chi connectivity index (χ3n) is 4.28. The number of aryl methyl sites for hydroxylation is 1. The van der Waals surface area contributed by atoms with Crippen molar-refractivity contribution in [2.24, 2.45) is 5.10 Å². The van der Waals surface area contributed by atoms with Crippen LogP contribution in [-0.4, -0.2) is 31.8 Å². The molecule has 1 amide bonds. The molecule has 32 heavy (non-hydrogen) atoms. The van der Waals surface area contributed by atoms with Crippen molar-refractivity contribution >= 4 is 34.0 Å². The van der Waals surface area contributed by atoms with Gasteiger partial charge in [0.1, 0.15) is 5.75 Å². The Morgan fingerprint density at radius 3 is 2.44 bits per heavy atom. The quantitative estimate of drug-likeness (QED) is 0.214. The fraction of sp³-hybridized carbons (Fsp3) is 0.125. The lowest BCUT2D eigenvalue weighted by molar-refractivity contribution is -0.123. The molecule has 7 nitrogen and oxygen atoms in total. The lowest BCUT2D eigenvalue weighted by atomic mass is 10.1. The first-order chi connectivity index (χ1) is 15.5. The van der Waals surface area contributed by atoms with E-state index in [1.54, 1.807) is 54.6 Å². The molecule has 0 atom stereocenters. The number of rotatable bonds is 8. The number of halogens is 1. The van der Waals surface area contributed by atoms with Crippen LogP contribution in [0.5, 0.6) is 17.2 Å². The van der Waals surface area contributed by atoms with E-state index in [9.17, 15) is 9.59 Å². The van der Waals surface area contributed by atoms with Gasteiger partial charge in [0, 0.05) is 10.0 Å². The van der Waals surface area contributed by atoms with Crippen molar-refractivity contribution in [2.45, 2.75) is 6.92 Å². The number of hydrazone groups is 1. The van der Waals surface area contributed by atoms with Gasteiger partial charge in [-0.05, 0) is 49.4 Å². The molecule has 0 bridgehead atoms. The smallest absolute Gasteiger partial charge is 0.343 e. The van der Waals surface area contributed by atoms with Gasteiger partial charge >= 0.3 is 5.97 Å². The number of benzene rings is 3. The van der Waals surface area contributed by atoms with Crippen LogP contribution in [0.25, 0.3) is 0 Å². The normalized spacial score (nSPS) is 10.6. The summed E-state index contributed by atoms with van der Waals surface area (Å²) in [6.07, 6.45) is 1.39. The number of carbonyl (C=O) groups is 2. The first kappa shape index (κ1) is 23.0. The van der Waals surface area contributed by atoms with Gasteiger partial charge in [-0.2, -0.15) is 5.10 Å². The van der Waals surface area contributed by atoms with Crippen molar-refractivity contribution < 1.29 is 23.8 Å². The number of esters is 1. The zero-order valence-corrected chi connectivity index (χ0v) is 19.1. The van der Waals surface area contributed by atoms with Gasteiger partial charge < -0.3 is 14.2 Å². The standard InChI is InChI=1S/C24H21BrN2O5/c1-16-7-9-17(10-8-16)24(29)32-20-12-11-19(25)13-18(20)14-26-27-23(28)15-31-22-6-4-3-5-21(22)30-2/h3-14H,15H2,1-2H3,(H,27,28)/b26-14+. The third-order valence-corrected chi connectivity index (χ3v) is 4.78. The first-order valence-electron chi connectivity index (χ1n) is 9.62. The summed E-state index contributed by atoms with van der Waals surface area (Å²) in [5.41, 5.74) is 4.37. The fourth-order valence-electron chi connectivity index (χ4n) is 2.65. The van der Waals surface area contributed by atoms with E-state index in [0.717, 1.165) is 10.0 Å². The summed E-state index contributed by atoms with van der Waals surface area (Å²) >= 11 is 3.38. The Balaban J connectivity index is 1.62. The summed E-state index contributed by atoms with van der Waals surface area (Å²) in [7, 11) is 1.52. The number of amides is 1. The number of methoxy groups -OCH3 is 1. The molecule has 164 valence electrons. The molecule has 8 heteroatoms. The molecule has 0 fully saturated rings. The van der Waals surface area contributed by atoms with Gasteiger partial charge in [0.05, 0.1) is 18.9 Å². The SMILES string of the molecule is COc1ccccc1OCC(=O)N/N=C/c1cc(Br)ccc1OC(=O)c1ccc(C)cc1. The number of nitrogens with one attached hydrogen (secondary N) is 1. The zero-order valence-electron chi connectivity index (χ0n) is 17.5. The fourth-order valence-corrected chi connectivity index (χ4v) is 3.03. The summed E-state index contributed by atoms with van der Waals surface area (Å²) in [4.78, 5) is 24.5. The molecule has 3 rings (SSSR count). The van der Waals surface area contributed by atoms with E-state index in [-0.39, 0.29) is 6.61 Å². The maximum absolute atomic E-state index is 12.4. The molecule has 0 aliphatic carbocycles. The minimum absolute atomic E-state index is 0.245. The summed E-state index contributed by atoms with van der Waals surface area (Å²) in [5.74, 6) is 0.336. The highest BCUT2D eigenvalue weighted by Gasteiger charge is 2.12. The van der Waals surface area contributed by atoms with Crippen LogP contribution in [0.15, 0.2) is 76.3 Å². The highest BCUT2D eigenvalue weighted by atomic mass is 79.9. The second-order valence-corrected chi connectivity index (χ2v) is 7.59. The predicted molar refractivity (Wildman–Crippen MR) is 125 cm³/mol. The van der Waals surface area contributed by atoms with Gasteiger partial charge in [0.15, 0.2) is 18.1 Å². The summed E-state index contributed by atoms with van der Waals surface area (Å²) in [6.45, 7) is 1.69. The summed E-state index contributed by atoms with van der Waals surface area (Å²) < 4.78 is 16.9. The van der Waals surface area contributed by atoms with E-state index in [4.69, 9.17) is 14.2 Å². The molecule has 0 aromatic heterocycles. The lowest BCUT2D eigenvalue weighted by Gasteiger charge is -2.09. The van der Waals surface area contributed by atoms with Gasteiger partial charge in [-0.3, -0.25) is 4.79 Å². The summed E-state index contributed by atoms with van der Waals surface area (Å²) in [6, 6.07) is 19.2. The maximum Gasteiger partial charge on any atom is 0.343 e. The molecule has 0 unspecified atom stereocenters. The second kappa shape index (κ2) is 11.1. The Labute approximate surface area is 194 Å². The molecule has 1 N–H and O–H groups in total. The Morgan fingerprint density at radius 2 is 1.72 bits per heavy atom. The molecule has 0 aliphatic rings. The molecule has 0 saturated carbocycles. The van der Waals surface area contributed by atoms with Crippen LogP contribution in [0.2, 0.25) is 0 Å². The zero-order chi connectivity index (χ0) is 22.9. The third kappa shape index (κ3) is 6.42. The summed E-state index contributed by atoms with van der Waals surface area (Å²) in [5, 5.41) is 3.94. The van der Waals surface area contributed by atoms with Gasteiger partial charge in [-0.1, -0.05) is 45.8 Å². The highest BCUT2D eigenvalue weighted by molar-refractivity contribution is 9.10. The van der Waals surface area contributed by atoms with Crippen LogP contribution in [0.4, 0.5) is 0 Å². The van der Waals surface area contributed by atoms with E-state index >= 15 is 0 Å². The number of hydrogen-bond donors (Lipinski definition) is 1. The number of para-hydroxylation sites is 2. The molecule has 0 radical (unpaired) electrons. The van der Waals surface area contributed by atoms with Crippen molar-refractivity contribution in [3.63, 3.8) is 0 Å². The van der Waals surface area contributed by atoms with E-state index in [0.29, 0.717) is 28.4 Å². The van der Waals surface area contributed by atoms with E-state index in [2.05, 4.69) is 26.5 Å². The molecule has 3 aromatic carbocycles. The minimum atomic E-state index is -0.490. The molecule has 3 aromatic rings. The van der Waals surface area contributed by atoms with Gasteiger partial charge in [-0.25, -0.2) is 10.2 Å². The molecular weight excluding hydrogens is 476 g/mol. The van der Waals surface area contributed by atoms with Crippen LogP contribution in [0, 0.1) is 6.92 Å². The van der Waals surface area contributed by atoms with Crippen LogP contribution in [0.3, 0.4) is 0 Å². The molecule has 0 aliphatic heterocycles. The predicted octanol–water partition coefficient (Wildman–Crippen LogP) is 4.51. The topological polar surface area (TPSA) is 86.2 Å². The Morgan fingerprint density at radius 1 is 1.00 bits per heavy atom. The lowest BCUT2D eigenvalue weighted by Crippen LogP contribution is -2.24. The molecule has 0 saturated heterocycles. The second-order valence-electron chi connectivity index (χ2n) is 6.67. The van der Waals surface area contributed by atoms with Crippen molar-refractivity contribution in [2.75, 3.05) is 13.7 Å². The Hall–Kier alpha value is -3.65. The van der Waals surface area contributed by atoms with Crippen molar-refractivity contribution in [1.29, 1.82) is 0 Å². The van der Waals surface area contributed by atoms with Crippen LogP contribution >= 0.6 is 15.9 Å². The molecular formula is C24H21BrN2O5. The minimum Gasteiger partial charge on any atom is -0.493 e. The highest BCUT2D eigenvalue weighted by Crippen LogP contribution is 2.25. The van der Waals surface area contributed by atoms with Crippen LogP contribution < -0.4 is 19.6 Å². The van der Waals surface area contributed by atoms with Crippen LogP contribution in [-0.2, 0) is 4.79 Å². The van der Waals surface area contributed by atoms with Gasteiger partial charge in [0.2, 0.25) is 0 Å². The largest absolute Gasteiger partial charge is 0.493 e. The average Bonchev–Trinajstić information content (AvgIpc) is 2.80. The number of carbonyl (C=O) groups excluding carboxylic acids is 2. The number of ether oxygens (including phenoxy) is 3. The number of nitrogens with zero attached hydrogens (tertiary/aromatic N) is 1. The van der Waals surface area contributed by atoms with E-state index in [1.165, 1.54) is 13.3 Å². The molecule has 0 heterocycles. The average molecular weight is 497 g/mol. The van der Waals surface area contributed by atoms with E-state index in [1.807, 2.05) is 19.1 Å².